The van der Waals surface area contributed by atoms with Crippen molar-refractivity contribution >= 4 is 17.5 Å². The van der Waals surface area contributed by atoms with E-state index in [9.17, 15) is 9.59 Å². The monoisotopic (exact) mass is 409 g/mol. The molecule has 2 N–H and O–H groups in total. The molecule has 2 aromatic rings. The summed E-state index contributed by atoms with van der Waals surface area (Å²) in [6.07, 6.45) is 5.86. The minimum Gasteiger partial charge on any atom is -0.378 e. The van der Waals surface area contributed by atoms with Crippen LogP contribution >= 0.6 is 0 Å². The molecular formula is C24H31N3O3. The van der Waals surface area contributed by atoms with Crippen molar-refractivity contribution in [1.29, 1.82) is 0 Å². The molecule has 1 aromatic heterocycles. The molecule has 3 atom stereocenters. The lowest BCUT2D eigenvalue weighted by Crippen LogP contribution is -2.34. The first-order valence-corrected chi connectivity index (χ1v) is 10.6. The number of ether oxygens (including phenoxy) is 1. The molecule has 1 aliphatic heterocycles. The van der Waals surface area contributed by atoms with Crippen molar-refractivity contribution in [3.8, 4) is 0 Å². The van der Waals surface area contributed by atoms with Crippen molar-refractivity contribution in [2.24, 2.45) is 11.8 Å². The number of amides is 2. The Labute approximate surface area is 178 Å². The van der Waals surface area contributed by atoms with Crippen LogP contribution in [0.5, 0.6) is 0 Å². The molecular weight excluding hydrogens is 378 g/mol. The van der Waals surface area contributed by atoms with Gasteiger partial charge in [0.2, 0.25) is 5.91 Å². The molecule has 1 aromatic carbocycles. The number of nitrogens with one attached hydrogen (secondary N) is 2. The molecule has 0 spiro atoms. The van der Waals surface area contributed by atoms with Gasteiger partial charge < -0.3 is 15.4 Å². The maximum Gasteiger partial charge on any atom is 0.255 e. The molecule has 160 valence electrons. The summed E-state index contributed by atoms with van der Waals surface area (Å²) in [7, 11) is 0. The summed E-state index contributed by atoms with van der Waals surface area (Å²) < 4.78 is 5.80. The Bertz CT molecular complexity index is 837. The van der Waals surface area contributed by atoms with E-state index in [-0.39, 0.29) is 24.0 Å². The van der Waals surface area contributed by atoms with Gasteiger partial charge in [0.05, 0.1) is 12.1 Å². The third-order valence-corrected chi connectivity index (χ3v) is 5.63. The highest BCUT2D eigenvalue weighted by Crippen LogP contribution is 2.27. The fourth-order valence-electron chi connectivity index (χ4n) is 3.76. The van der Waals surface area contributed by atoms with Gasteiger partial charge in [0.15, 0.2) is 0 Å². The first kappa shape index (κ1) is 22.0. The van der Waals surface area contributed by atoms with Crippen molar-refractivity contribution in [3.63, 3.8) is 0 Å². The molecule has 0 bridgehead atoms. The predicted molar refractivity (Wildman–Crippen MR) is 117 cm³/mol. The number of pyridine rings is 1. The van der Waals surface area contributed by atoms with Crippen molar-refractivity contribution in [3.05, 3.63) is 59.9 Å². The van der Waals surface area contributed by atoms with E-state index in [0.717, 1.165) is 25.0 Å². The molecule has 0 aliphatic carbocycles. The van der Waals surface area contributed by atoms with Gasteiger partial charge in [-0.3, -0.25) is 14.6 Å². The van der Waals surface area contributed by atoms with Gasteiger partial charge in [-0.25, -0.2) is 0 Å². The molecule has 2 heterocycles. The van der Waals surface area contributed by atoms with Crippen molar-refractivity contribution in [2.45, 2.75) is 52.2 Å². The number of carbonyl (C=O) groups excluding carboxylic acids is 2. The molecule has 30 heavy (non-hydrogen) atoms. The number of nitrogens with zero attached hydrogens (tertiary/aromatic N) is 1. The minimum atomic E-state index is -0.178. The maximum atomic E-state index is 12.5. The lowest BCUT2D eigenvalue weighted by Gasteiger charge is -2.31. The normalized spacial score (nSPS) is 19.9. The largest absolute Gasteiger partial charge is 0.378 e. The fraction of sp³-hybridized carbons (Fsp3) is 0.458. The molecule has 6 heteroatoms. The number of rotatable bonds is 7. The van der Waals surface area contributed by atoms with Crippen LogP contribution in [0.3, 0.4) is 0 Å². The van der Waals surface area contributed by atoms with Crippen LogP contribution in [0.15, 0.2) is 48.8 Å². The SMILES string of the molecule is CC(NC(=O)CC1CCOC(C(C)C)C1)c1ccc(NC(=O)c2ccncc2)cc1. The number of aromatic nitrogens is 1. The highest BCUT2D eigenvalue weighted by Gasteiger charge is 2.26. The van der Waals surface area contributed by atoms with E-state index in [1.807, 2.05) is 31.2 Å². The van der Waals surface area contributed by atoms with Crippen LogP contribution in [-0.2, 0) is 9.53 Å². The summed E-state index contributed by atoms with van der Waals surface area (Å²) >= 11 is 0. The van der Waals surface area contributed by atoms with Gasteiger partial charge in [0.1, 0.15) is 0 Å². The first-order valence-electron chi connectivity index (χ1n) is 10.6. The van der Waals surface area contributed by atoms with E-state index in [2.05, 4.69) is 29.5 Å². The molecule has 0 radical (unpaired) electrons. The molecule has 1 aliphatic rings. The van der Waals surface area contributed by atoms with Gasteiger partial charge in [-0.05, 0) is 61.4 Å². The predicted octanol–water partition coefficient (Wildman–Crippen LogP) is 4.35. The lowest BCUT2D eigenvalue weighted by molar-refractivity contribution is -0.124. The Morgan fingerprint density at radius 2 is 1.80 bits per heavy atom. The lowest BCUT2D eigenvalue weighted by atomic mass is 9.88. The van der Waals surface area contributed by atoms with Crippen LogP contribution < -0.4 is 10.6 Å². The highest BCUT2D eigenvalue weighted by molar-refractivity contribution is 6.04. The second-order valence-corrected chi connectivity index (χ2v) is 8.35. The van der Waals surface area contributed by atoms with Crippen LogP contribution in [-0.4, -0.2) is 29.5 Å². The number of carbonyl (C=O) groups is 2. The van der Waals surface area contributed by atoms with Crippen molar-refractivity contribution < 1.29 is 14.3 Å². The fourth-order valence-corrected chi connectivity index (χ4v) is 3.76. The standard InChI is InChI=1S/C24H31N3O3/c1-16(2)22-14-18(10-13-30-22)15-23(28)26-17(3)19-4-6-21(7-5-19)27-24(29)20-8-11-25-12-9-20/h4-9,11-12,16-18,22H,10,13-15H2,1-3H3,(H,26,28)(H,27,29). The quantitative estimate of drug-likeness (QED) is 0.712. The zero-order valence-electron chi connectivity index (χ0n) is 17.9. The smallest absolute Gasteiger partial charge is 0.255 e. The van der Waals surface area contributed by atoms with Crippen molar-refractivity contribution in [1.82, 2.24) is 10.3 Å². The zero-order chi connectivity index (χ0) is 21.5. The summed E-state index contributed by atoms with van der Waals surface area (Å²) in [5.74, 6) is 0.756. The van der Waals surface area contributed by atoms with E-state index >= 15 is 0 Å². The highest BCUT2D eigenvalue weighted by atomic mass is 16.5. The van der Waals surface area contributed by atoms with Crippen LogP contribution in [0, 0.1) is 11.8 Å². The average Bonchev–Trinajstić information content (AvgIpc) is 2.75. The Morgan fingerprint density at radius 1 is 1.10 bits per heavy atom. The van der Waals surface area contributed by atoms with E-state index in [4.69, 9.17) is 4.74 Å². The Balaban J connectivity index is 1.50. The van der Waals surface area contributed by atoms with Crippen LogP contribution in [0.4, 0.5) is 5.69 Å². The van der Waals surface area contributed by atoms with E-state index in [0.29, 0.717) is 29.5 Å². The number of benzene rings is 1. The number of hydrogen-bond acceptors (Lipinski definition) is 4. The van der Waals surface area contributed by atoms with Gasteiger partial charge in [0, 0.05) is 36.7 Å². The molecule has 3 unspecified atom stereocenters. The first-order chi connectivity index (χ1) is 14.4. The van der Waals surface area contributed by atoms with Crippen LogP contribution in [0.25, 0.3) is 0 Å². The maximum absolute atomic E-state index is 12.5. The average molecular weight is 410 g/mol. The molecule has 3 rings (SSSR count). The second-order valence-electron chi connectivity index (χ2n) is 8.35. The Morgan fingerprint density at radius 3 is 2.47 bits per heavy atom. The molecule has 6 nitrogen and oxygen atoms in total. The molecule has 1 saturated heterocycles. The zero-order valence-corrected chi connectivity index (χ0v) is 17.9. The Hall–Kier alpha value is -2.73. The van der Waals surface area contributed by atoms with Gasteiger partial charge in [-0.15, -0.1) is 0 Å². The second kappa shape index (κ2) is 10.3. The van der Waals surface area contributed by atoms with E-state index in [1.165, 1.54) is 0 Å². The summed E-state index contributed by atoms with van der Waals surface area (Å²) in [5.41, 5.74) is 2.26. The summed E-state index contributed by atoms with van der Waals surface area (Å²) in [6, 6.07) is 10.8. The Kier molecular flexibility index (Phi) is 7.57. The molecule has 0 saturated carbocycles. The topological polar surface area (TPSA) is 80.3 Å². The van der Waals surface area contributed by atoms with Crippen LogP contribution in [0.2, 0.25) is 0 Å². The van der Waals surface area contributed by atoms with Crippen molar-refractivity contribution in [2.75, 3.05) is 11.9 Å². The van der Waals surface area contributed by atoms with Gasteiger partial charge in [-0.2, -0.15) is 0 Å². The number of anilines is 1. The van der Waals surface area contributed by atoms with Gasteiger partial charge in [0.25, 0.3) is 5.91 Å². The molecule has 1 fully saturated rings. The van der Waals surface area contributed by atoms with Gasteiger partial charge >= 0.3 is 0 Å². The van der Waals surface area contributed by atoms with Gasteiger partial charge in [-0.1, -0.05) is 26.0 Å². The molecule has 2 amide bonds. The third kappa shape index (κ3) is 6.13. The van der Waals surface area contributed by atoms with E-state index < -0.39 is 0 Å². The summed E-state index contributed by atoms with van der Waals surface area (Å²) in [4.78, 5) is 28.7. The summed E-state index contributed by atoms with van der Waals surface area (Å²) in [6.45, 7) is 7.04. The van der Waals surface area contributed by atoms with E-state index in [1.54, 1.807) is 24.5 Å². The summed E-state index contributed by atoms with van der Waals surface area (Å²) in [5, 5.41) is 5.97. The van der Waals surface area contributed by atoms with Crippen LogP contribution in [0.1, 0.15) is 62.0 Å². The number of hydrogen-bond donors (Lipinski definition) is 2. The third-order valence-electron chi connectivity index (χ3n) is 5.63. The minimum absolute atomic E-state index is 0.0759.